The molecule has 2 rings (SSSR count). The second-order valence-corrected chi connectivity index (χ2v) is 5.57. The fraction of sp³-hybridized carbons (Fsp3) is 0.286. The fourth-order valence-electron chi connectivity index (χ4n) is 2.26. The van der Waals surface area contributed by atoms with E-state index in [9.17, 15) is 35.9 Å². The van der Waals surface area contributed by atoms with Gasteiger partial charge in [0.2, 0.25) is 0 Å². The summed E-state index contributed by atoms with van der Waals surface area (Å²) < 4.78 is 77.4. The van der Waals surface area contributed by atoms with Crippen molar-refractivity contribution in [2.75, 3.05) is 0 Å². The Labute approximate surface area is 140 Å². The Hall–Kier alpha value is -2.23. The van der Waals surface area contributed by atoms with Crippen LogP contribution < -0.4 is 11.2 Å². The van der Waals surface area contributed by atoms with Crippen LogP contribution >= 0.6 is 11.6 Å². The van der Waals surface area contributed by atoms with Crippen molar-refractivity contribution >= 4 is 11.6 Å². The molecule has 0 atom stereocenters. The van der Waals surface area contributed by atoms with E-state index in [1.54, 1.807) is 0 Å². The summed E-state index contributed by atoms with van der Waals surface area (Å²) in [6.07, 6.45) is -9.67. The third kappa shape index (κ3) is 3.44. The summed E-state index contributed by atoms with van der Waals surface area (Å²) in [6.45, 7) is 1.07. The molecule has 1 heterocycles. The normalized spacial score (nSPS) is 12.5. The van der Waals surface area contributed by atoms with Crippen LogP contribution in [-0.4, -0.2) is 9.13 Å². The molecule has 0 saturated heterocycles. The Morgan fingerprint density at radius 1 is 0.960 bits per heavy atom. The minimum absolute atomic E-state index is 0.171. The average Bonchev–Trinajstić information content (AvgIpc) is 2.43. The predicted molar refractivity (Wildman–Crippen MR) is 77.0 cm³/mol. The van der Waals surface area contributed by atoms with Gasteiger partial charge in [0.1, 0.15) is 5.69 Å². The second-order valence-electron chi connectivity index (χ2n) is 5.16. The molecule has 136 valence electrons. The minimum Gasteiger partial charge on any atom is -0.292 e. The molecule has 25 heavy (non-hydrogen) atoms. The first-order valence-electron chi connectivity index (χ1n) is 6.53. The molecule has 0 bridgehead atoms. The summed E-state index contributed by atoms with van der Waals surface area (Å²) in [5.74, 6) is 0. The van der Waals surface area contributed by atoms with E-state index in [-0.39, 0.29) is 20.8 Å². The molecule has 0 unspecified atom stereocenters. The molecule has 0 aliphatic rings. The Kier molecular flexibility index (Phi) is 4.54. The maximum absolute atomic E-state index is 12.9. The molecule has 1 aromatic carbocycles. The van der Waals surface area contributed by atoms with E-state index in [4.69, 9.17) is 11.6 Å². The monoisotopic (exact) mass is 386 g/mol. The third-order valence-electron chi connectivity index (χ3n) is 3.45. The first kappa shape index (κ1) is 19.1. The smallest absolute Gasteiger partial charge is 0.292 e. The summed E-state index contributed by atoms with van der Waals surface area (Å²) in [7, 11) is 0.784. The molecular formula is C14H9ClF6N2O2. The maximum Gasteiger partial charge on any atom is 0.431 e. The standard InChI is InChI=1S/C14H9ClF6N2O2/c1-6-3-9(8(15)4-7(6)13(16,17)18)23-11(24)5-10(14(19,20)21)22(2)12(23)25/h3-5H,1-2H3. The van der Waals surface area contributed by atoms with Crippen LogP contribution in [0.5, 0.6) is 0 Å². The van der Waals surface area contributed by atoms with E-state index < -0.39 is 45.6 Å². The predicted octanol–water partition coefficient (Wildman–Crippen LogP) is 3.54. The topological polar surface area (TPSA) is 44.0 Å². The van der Waals surface area contributed by atoms with Gasteiger partial charge in [0.05, 0.1) is 16.3 Å². The van der Waals surface area contributed by atoms with Crippen molar-refractivity contribution in [3.8, 4) is 5.69 Å². The second kappa shape index (κ2) is 5.94. The lowest BCUT2D eigenvalue weighted by atomic mass is 10.1. The van der Waals surface area contributed by atoms with E-state index in [0.717, 1.165) is 20.0 Å². The van der Waals surface area contributed by atoms with Crippen LogP contribution in [0.15, 0.2) is 27.8 Å². The zero-order valence-corrected chi connectivity index (χ0v) is 13.3. The quantitative estimate of drug-likeness (QED) is 0.704. The summed E-state index contributed by atoms with van der Waals surface area (Å²) >= 11 is 5.74. The van der Waals surface area contributed by atoms with Crippen LogP contribution in [0.4, 0.5) is 26.3 Å². The largest absolute Gasteiger partial charge is 0.431 e. The Balaban J connectivity index is 2.82. The molecule has 0 N–H and O–H groups in total. The summed E-state index contributed by atoms with van der Waals surface area (Å²) in [5.41, 5.74) is -6.11. The van der Waals surface area contributed by atoms with Crippen molar-refractivity contribution in [1.82, 2.24) is 9.13 Å². The third-order valence-corrected chi connectivity index (χ3v) is 3.75. The lowest BCUT2D eigenvalue weighted by Gasteiger charge is -2.16. The molecular weight excluding hydrogens is 378 g/mol. The van der Waals surface area contributed by atoms with Gasteiger partial charge in [-0.05, 0) is 24.6 Å². The van der Waals surface area contributed by atoms with Gasteiger partial charge < -0.3 is 0 Å². The number of alkyl halides is 6. The average molecular weight is 387 g/mol. The molecule has 2 aromatic rings. The maximum atomic E-state index is 12.9. The van der Waals surface area contributed by atoms with E-state index in [1.807, 2.05) is 0 Å². The Morgan fingerprint density at radius 2 is 1.52 bits per heavy atom. The van der Waals surface area contributed by atoms with Crippen LogP contribution in [0.25, 0.3) is 5.69 Å². The highest BCUT2D eigenvalue weighted by atomic mass is 35.5. The molecule has 0 aliphatic heterocycles. The van der Waals surface area contributed by atoms with Gasteiger partial charge >= 0.3 is 18.0 Å². The highest BCUT2D eigenvalue weighted by Gasteiger charge is 2.36. The highest BCUT2D eigenvalue weighted by molar-refractivity contribution is 6.32. The van der Waals surface area contributed by atoms with Crippen molar-refractivity contribution in [3.05, 3.63) is 60.9 Å². The van der Waals surface area contributed by atoms with Gasteiger partial charge in [0, 0.05) is 13.1 Å². The first-order chi connectivity index (χ1) is 11.2. The zero-order chi connectivity index (χ0) is 19.3. The lowest BCUT2D eigenvalue weighted by Crippen LogP contribution is -2.40. The highest BCUT2D eigenvalue weighted by Crippen LogP contribution is 2.35. The van der Waals surface area contributed by atoms with E-state index in [0.29, 0.717) is 6.07 Å². The lowest BCUT2D eigenvalue weighted by molar-refractivity contribution is -0.144. The molecule has 0 amide bonds. The van der Waals surface area contributed by atoms with Crippen LogP contribution in [-0.2, 0) is 19.4 Å². The summed E-state index contributed by atoms with van der Waals surface area (Å²) in [4.78, 5) is 24.1. The van der Waals surface area contributed by atoms with Gasteiger partial charge in [-0.3, -0.25) is 9.36 Å². The number of aromatic nitrogens is 2. The van der Waals surface area contributed by atoms with Gasteiger partial charge in [0.25, 0.3) is 5.56 Å². The minimum atomic E-state index is -4.95. The van der Waals surface area contributed by atoms with Crippen molar-refractivity contribution in [2.24, 2.45) is 7.05 Å². The van der Waals surface area contributed by atoms with Gasteiger partial charge in [-0.1, -0.05) is 11.6 Å². The van der Waals surface area contributed by atoms with Crippen molar-refractivity contribution in [1.29, 1.82) is 0 Å². The molecule has 0 saturated carbocycles. The number of nitrogens with zero attached hydrogens (tertiary/aromatic N) is 2. The fourth-order valence-corrected chi connectivity index (χ4v) is 2.51. The van der Waals surface area contributed by atoms with Crippen molar-refractivity contribution in [2.45, 2.75) is 19.3 Å². The Morgan fingerprint density at radius 3 is 2.00 bits per heavy atom. The van der Waals surface area contributed by atoms with Gasteiger partial charge in [-0.15, -0.1) is 0 Å². The molecule has 0 aliphatic carbocycles. The molecule has 0 spiro atoms. The van der Waals surface area contributed by atoms with Crippen LogP contribution in [0.2, 0.25) is 5.02 Å². The SMILES string of the molecule is Cc1cc(-n2c(=O)cc(C(F)(F)F)n(C)c2=O)c(Cl)cc1C(F)(F)F. The number of hydrogen-bond donors (Lipinski definition) is 0. The number of rotatable bonds is 1. The molecule has 4 nitrogen and oxygen atoms in total. The van der Waals surface area contributed by atoms with E-state index in [2.05, 4.69) is 0 Å². The Bertz CT molecular complexity index is 956. The number of halogens is 7. The number of aryl methyl sites for hydroxylation is 1. The molecule has 11 heteroatoms. The van der Waals surface area contributed by atoms with Crippen LogP contribution in [0, 0.1) is 6.92 Å². The van der Waals surface area contributed by atoms with E-state index >= 15 is 0 Å². The first-order valence-corrected chi connectivity index (χ1v) is 6.91. The van der Waals surface area contributed by atoms with Crippen LogP contribution in [0.3, 0.4) is 0 Å². The molecule has 0 fully saturated rings. The molecule has 1 aromatic heterocycles. The molecule has 0 radical (unpaired) electrons. The number of benzene rings is 1. The van der Waals surface area contributed by atoms with Crippen LogP contribution in [0.1, 0.15) is 16.8 Å². The van der Waals surface area contributed by atoms with Crippen molar-refractivity contribution < 1.29 is 26.3 Å². The number of hydrogen-bond acceptors (Lipinski definition) is 2. The summed E-state index contributed by atoms with van der Waals surface area (Å²) in [6, 6.07) is 1.50. The van der Waals surface area contributed by atoms with E-state index in [1.165, 1.54) is 0 Å². The summed E-state index contributed by atoms with van der Waals surface area (Å²) in [5, 5.41) is -0.600. The van der Waals surface area contributed by atoms with Gasteiger partial charge in [-0.25, -0.2) is 9.36 Å². The van der Waals surface area contributed by atoms with Gasteiger partial charge in [-0.2, -0.15) is 26.3 Å². The van der Waals surface area contributed by atoms with Gasteiger partial charge in [0.15, 0.2) is 0 Å². The zero-order valence-electron chi connectivity index (χ0n) is 12.6. The van der Waals surface area contributed by atoms with Crippen molar-refractivity contribution in [3.63, 3.8) is 0 Å².